The molecule has 0 radical (unpaired) electrons. The van der Waals surface area contributed by atoms with E-state index in [-0.39, 0.29) is 36.0 Å². The third-order valence-electron chi connectivity index (χ3n) is 6.83. The van der Waals surface area contributed by atoms with Gasteiger partial charge in [0, 0.05) is 23.5 Å². The van der Waals surface area contributed by atoms with E-state index in [1.807, 2.05) is 6.92 Å². The van der Waals surface area contributed by atoms with E-state index in [1.165, 1.54) is 0 Å². The van der Waals surface area contributed by atoms with E-state index in [4.69, 9.17) is 14.6 Å². The first kappa shape index (κ1) is 21.0. The van der Waals surface area contributed by atoms with Gasteiger partial charge in [0.1, 0.15) is 18.3 Å². The number of fused-ring (bicyclic) bond motifs is 3. The first-order valence-corrected chi connectivity index (χ1v) is 9.53. The number of carbonyl (C=O) groups is 2. The van der Waals surface area contributed by atoms with E-state index < -0.39 is 54.3 Å². The number of hydrogen-bond donors (Lipinski definition) is 4. The summed E-state index contributed by atoms with van der Waals surface area (Å²) in [6.45, 7) is 8.35. The van der Waals surface area contributed by atoms with Gasteiger partial charge in [-0.25, -0.2) is 9.59 Å². The molecule has 0 amide bonds. The number of aliphatic hydroxyl groups excluding tert-OH is 4. The summed E-state index contributed by atoms with van der Waals surface area (Å²) in [7, 11) is 0. The number of ether oxygens (including phenoxy) is 2. The number of carbonyl (C=O) groups excluding carboxylic acids is 2. The quantitative estimate of drug-likeness (QED) is 0.368. The molecule has 3 rings (SSSR count). The zero-order valence-corrected chi connectivity index (χ0v) is 15.9. The van der Waals surface area contributed by atoms with Crippen molar-refractivity contribution in [3.63, 3.8) is 0 Å². The maximum absolute atomic E-state index is 12.4. The van der Waals surface area contributed by atoms with Crippen molar-refractivity contribution in [1.82, 2.24) is 0 Å². The van der Waals surface area contributed by atoms with Crippen molar-refractivity contribution < 1.29 is 39.5 Å². The summed E-state index contributed by atoms with van der Waals surface area (Å²) in [6.07, 6.45) is -2.29. The van der Waals surface area contributed by atoms with Crippen LogP contribution in [-0.4, -0.2) is 70.0 Å². The van der Waals surface area contributed by atoms with Crippen LogP contribution in [0.15, 0.2) is 24.3 Å². The maximum atomic E-state index is 12.4. The van der Waals surface area contributed by atoms with Gasteiger partial charge in [-0.2, -0.15) is 0 Å². The molecule has 8 atom stereocenters. The summed E-state index contributed by atoms with van der Waals surface area (Å²) in [5.41, 5.74) is -0.839. The second kappa shape index (κ2) is 7.59. The second-order valence-electron chi connectivity index (χ2n) is 8.36. The summed E-state index contributed by atoms with van der Waals surface area (Å²) in [5.74, 6) is -2.51. The highest BCUT2D eigenvalue weighted by Gasteiger charge is 2.63. The highest BCUT2D eigenvalue weighted by molar-refractivity contribution is 5.92. The van der Waals surface area contributed by atoms with Crippen LogP contribution in [-0.2, 0) is 19.1 Å². The fourth-order valence-corrected chi connectivity index (χ4v) is 5.24. The Hall–Kier alpha value is -1.74. The Kier molecular flexibility index (Phi) is 5.69. The molecule has 1 heterocycles. The normalized spacial score (nSPS) is 40.9. The lowest BCUT2D eigenvalue weighted by atomic mass is 9.51. The Morgan fingerprint density at radius 1 is 1.39 bits per heavy atom. The molecule has 0 spiro atoms. The van der Waals surface area contributed by atoms with E-state index in [1.54, 1.807) is 0 Å². The number of aliphatic hydroxyl groups is 4. The lowest BCUT2D eigenvalue weighted by Crippen LogP contribution is -2.60. The summed E-state index contributed by atoms with van der Waals surface area (Å²) < 4.78 is 11.1. The zero-order valence-electron chi connectivity index (χ0n) is 15.9. The molecule has 8 heteroatoms. The number of hydrogen-bond acceptors (Lipinski definition) is 8. The van der Waals surface area contributed by atoms with Crippen LogP contribution in [0.4, 0.5) is 0 Å². The van der Waals surface area contributed by atoms with Gasteiger partial charge in [-0.1, -0.05) is 20.1 Å². The summed E-state index contributed by atoms with van der Waals surface area (Å²) in [6, 6.07) is 0. The second-order valence-corrected chi connectivity index (χ2v) is 8.36. The molecule has 2 saturated carbocycles. The van der Waals surface area contributed by atoms with Crippen molar-refractivity contribution in [3.8, 4) is 0 Å². The Balaban J connectivity index is 1.94. The van der Waals surface area contributed by atoms with Gasteiger partial charge in [-0.3, -0.25) is 0 Å². The molecule has 3 fully saturated rings. The topological polar surface area (TPSA) is 134 Å². The lowest BCUT2D eigenvalue weighted by Gasteiger charge is -2.56. The highest BCUT2D eigenvalue weighted by Crippen LogP contribution is 2.58. The van der Waals surface area contributed by atoms with E-state index in [2.05, 4.69) is 13.2 Å². The van der Waals surface area contributed by atoms with Crippen molar-refractivity contribution in [2.24, 2.45) is 23.2 Å². The minimum atomic E-state index is -1.45. The highest BCUT2D eigenvalue weighted by atomic mass is 16.6. The van der Waals surface area contributed by atoms with Crippen molar-refractivity contribution >= 4 is 11.9 Å². The van der Waals surface area contributed by atoms with Gasteiger partial charge >= 0.3 is 11.9 Å². The molecule has 0 aromatic heterocycles. The smallest absolute Gasteiger partial charge is 0.336 e. The monoisotopic (exact) mass is 396 g/mol. The fraction of sp³-hybridized carbons (Fsp3) is 0.700. The summed E-state index contributed by atoms with van der Waals surface area (Å²) in [4.78, 5) is 24.6. The Labute approximate surface area is 163 Å². The van der Waals surface area contributed by atoms with Crippen LogP contribution in [0.5, 0.6) is 0 Å². The van der Waals surface area contributed by atoms with Gasteiger partial charge in [0.05, 0.1) is 24.2 Å². The molecule has 4 N–H and O–H groups in total. The Morgan fingerprint density at radius 3 is 2.68 bits per heavy atom. The molecule has 28 heavy (non-hydrogen) atoms. The molecule has 3 aliphatic rings. The molecule has 1 aliphatic heterocycles. The molecule has 1 saturated heterocycles. The average Bonchev–Trinajstić information content (AvgIpc) is 2.96. The molecule has 0 aromatic carbocycles. The van der Waals surface area contributed by atoms with Gasteiger partial charge < -0.3 is 29.9 Å². The van der Waals surface area contributed by atoms with Crippen molar-refractivity contribution in [1.29, 1.82) is 0 Å². The Morgan fingerprint density at radius 2 is 2.07 bits per heavy atom. The lowest BCUT2D eigenvalue weighted by molar-refractivity contribution is -0.199. The van der Waals surface area contributed by atoms with Gasteiger partial charge in [-0.05, 0) is 25.2 Å². The predicted molar refractivity (Wildman–Crippen MR) is 96.7 cm³/mol. The van der Waals surface area contributed by atoms with Crippen molar-refractivity contribution in [2.75, 3.05) is 13.2 Å². The molecular formula is C20H28O8. The summed E-state index contributed by atoms with van der Waals surface area (Å²) >= 11 is 0. The van der Waals surface area contributed by atoms with Crippen LogP contribution in [0.2, 0.25) is 0 Å². The number of esters is 2. The molecule has 8 unspecified atom stereocenters. The molecule has 156 valence electrons. The summed E-state index contributed by atoms with van der Waals surface area (Å²) in [5, 5.41) is 39.3. The van der Waals surface area contributed by atoms with Gasteiger partial charge in [0.15, 0.2) is 0 Å². The van der Waals surface area contributed by atoms with Crippen LogP contribution < -0.4 is 0 Å². The zero-order chi connectivity index (χ0) is 20.8. The standard InChI is InChI=1S/C20H28O8/c1-9(12(23)8-22)18(25)27-13-6-20(3)14(24)5-4-11(7-21)16(20)17-15(13)10(2)19(26)28-17/h11-17,21-24H,1-2,4-8H2,3H3. The van der Waals surface area contributed by atoms with E-state index in [9.17, 15) is 24.9 Å². The van der Waals surface area contributed by atoms with Crippen LogP contribution in [0.1, 0.15) is 26.2 Å². The van der Waals surface area contributed by atoms with Gasteiger partial charge in [-0.15, -0.1) is 0 Å². The van der Waals surface area contributed by atoms with E-state index in [0.717, 1.165) is 0 Å². The predicted octanol–water partition coefficient (Wildman–Crippen LogP) is -0.305. The minimum Gasteiger partial charge on any atom is -0.458 e. The van der Waals surface area contributed by atoms with Crippen molar-refractivity contribution in [2.45, 2.75) is 50.6 Å². The average molecular weight is 396 g/mol. The molecular weight excluding hydrogens is 368 g/mol. The van der Waals surface area contributed by atoms with Crippen molar-refractivity contribution in [3.05, 3.63) is 24.3 Å². The first-order valence-electron chi connectivity index (χ1n) is 9.53. The maximum Gasteiger partial charge on any atom is 0.336 e. The molecule has 2 aliphatic carbocycles. The molecule has 0 bridgehead atoms. The number of rotatable bonds is 5. The largest absolute Gasteiger partial charge is 0.458 e. The molecule has 8 nitrogen and oxygen atoms in total. The SMILES string of the molecule is C=C(C(=O)OC1CC2(C)C(O)CCC(CO)C2C2OC(=O)C(=C)C12)C(O)CO. The van der Waals surface area contributed by atoms with Crippen LogP contribution in [0, 0.1) is 23.2 Å². The first-order chi connectivity index (χ1) is 13.2. The van der Waals surface area contributed by atoms with Gasteiger partial charge in [0.25, 0.3) is 0 Å². The Bertz CT molecular complexity index is 688. The van der Waals surface area contributed by atoms with Gasteiger partial charge in [0.2, 0.25) is 0 Å². The third kappa shape index (κ3) is 3.18. The van der Waals surface area contributed by atoms with E-state index >= 15 is 0 Å². The van der Waals surface area contributed by atoms with Crippen LogP contribution >= 0.6 is 0 Å². The van der Waals surface area contributed by atoms with Crippen LogP contribution in [0.3, 0.4) is 0 Å². The molecule has 0 aromatic rings. The van der Waals surface area contributed by atoms with E-state index in [0.29, 0.717) is 12.8 Å². The van der Waals surface area contributed by atoms with Crippen LogP contribution in [0.25, 0.3) is 0 Å². The minimum absolute atomic E-state index is 0.0931. The fourth-order valence-electron chi connectivity index (χ4n) is 5.24. The third-order valence-corrected chi connectivity index (χ3v) is 6.83.